The van der Waals surface area contributed by atoms with Crippen molar-refractivity contribution in [2.75, 3.05) is 0 Å². The molecule has 1 heterocycles. The molecule has 0 radical (unpaired) electrons. The van der Waals surface area contributed by atoms with Gasteiger partial charge < -0.3 is 5.11 Å². The summed E-state index contributed by atoms with van der Waals surface area (Å²) in [6.07, 6.45) is 6.14. The molecule has 0 spiro atoms. The Hall–Kier alpha value is -1.39. The Labute approximate surface area is 95.5 Å². The fraction of sp³-hybridized carbons (Fsp3) is 0.727. The Bertz CT molecular complexity index is 336. The van der Waals surface area contributed by atoms with E-state index in [1.54, 1.807) is 4.68 Å². The normalized spacial score (nSPS) is 12.6. The van der Waals surface area contributed by atoms with E-state index in [9.17, 15) is 4.79 Å². The Kier molecular flexibility index (Phi) is 4.95. The second-order valence-corrected chi connectivity index (χ2v) is 4.05. The molecule has 1 aromatic rings. The van der Waals surface area contributed by atoms with Gasteiger partial charge in [-0.15, -0.1) is 5.10 Å². The van der Waals surface area contributed by atoms with Gasteiger partial charge in [0.2, 0.25) is 0 Å². The van der Waals surface area contributed by atoms with Crippen LogP contribution in [-0.4, -0.2) is 26.1 Å². The Morgan fingerprint density at radius 1 is 1.56 bits per heavy atom. The van der Waals surface area contributed by atoms with Crippen molar-refractivity contribution in [3.63, 3.8) is 0 Å². The second-order valence-electron chi connectivity index (χ2n) is 4.05. The smallest absolute Gasteiger partial charge is 0.358 e. The molecule has 1 unspecified atom stereocenters. The van der Waals surface area contributed by atoms with E-state index in [0.29, 0.717) is 5.92 Å². The predicted octanol–water partition coefficient (Wildman–Crippen LogP) is 2.19. The van der Waals surface area contributed by atoms with Crippen molar-refractivity contribution in [3.05, 3.63) is 11.9 Å². The van der Waals surface area contributed by atoms with Crippen LogP contribution in [0.25, 0.3) is 0 Å². The van der Waals surface area contributed by atoms with Crippen LogP contribution in [0.15, 0.2) is 6.20 Å². The minimum atomic E-state index is -1.02. The van der Waals surface area contributed by atoms with Gasteiger partial charge in [-0.2, -0.15) is 0 Å². The lowest BCUT2D eigenvalue weighted by atomic mass is 9.99. The number of nitrogens with zero attached hydrogens (tertiary/aromatic N) is 3. The molecule has 1 atom stereocenters. The minimum Gasteiger partial charge on any atom is -0.476 e. The molecule has 90 valence electrons. The molecule has 0 aliphatic carbocycles. The van der Waals surface area contributed by atoms with Gasteiger partial charge in [0.15, 0.2) is 5.69 Å². The second kappa shape index (κ2) is 6.25. The van der Waals surface area contributed by atoms with Crippen molar-refractivity contribution in [1.29, 1.82) is 0 Å². The SMILES string of the molecule is CCCCC(CC)Cn1cc(C(=O)O)nn1. The van der Waals surface area contributed by atoms with E-state index < -0.39 is 5.97 Å². The largest absolute Gasteiger partial charge is 0.476 e. The van der Waals surface area contributed by atoms with Gasteiger partial charge in [0.1, 0.15) is 0 Å². The molecule has 16 heavy (non-hydrogen) atoms. The van der Waals surface area contributed by atoms with Crippen LogP contribution in [0.2, 0.25) is 0 Å². The number of rotatable bonds is 7. The van der Waals surface area contributed by atoms with Crippen molar-refractivity contribution in [1.82, 2.24) is 15.0 Å². The molecule has 5 heteroatoms. The highest BCUT2D eigenvalue weighted by Gasteiger charge is 2.11. The summed E-state index contributed by atoms with van der Waals surface area (Å²) in [5.74, 6) is -0.462. The number of carboxylic acids is 1. The van der Waals surface area contributed by atoms with Crippen molar-refractivity contribution < 1.29 is 9.90 Å². The molecule has 5 nitrogen and oxygen atoms in total. The summed E-state index contributed by atoms with van der Waals surface area (Å²) in [6, 6.07) is 0. The molecule has 0 saturated carbocycles. The van der Waals surface area contributed by atoms with Crippen molar-refractivity contribution in [2.24, 2.45) is 5.92 Å². The summed E-state index contributed by atoms with van der Waals surface area (Å²) in [4.78, 5) is 10.6. The summed E-state index contributed by atoms with van der Waals surface area (Å²) in [5.41, 5.74) is 0.0188. The number of carbonyl (C=O) groups is 1. The summed E-state index contributed by atoms with van der Waals surface area (Å²) >= 11 is 0. The Morgan fingerprint density at radius 3 is 2.81 bits per heavy atom. The molecule has 0 aliphatic heterocycles. The lowest BCUT2D eigenvalue weighted by Gasteiger charge is -2.13. The molecule has 0 amide bonds. The lowest BCUT2D eigenvalue weighted by Crippen LogP contribution is -2.10. The van der Waals surface area contributed by atoms with E-state index in [-0.39, 0.29) is 5.69 Å². The average molecular weight is 225 g/mol. The van der Waals surface area contributed by atoms with Gasteiger partial charge in [0.25, 0.3) is 0 Å². The molecule has 0 fully saturated rings. The van der Waals surface area contributed by atoms with Gasteiger partial charge in [-0.05, 0) is 12.3 Å². The van der Waals surface area contributed by atoms with Crippen LogP contribution in [0.5, 0.6) is 0 Å². The first-order valence-corrected chi connectivity index (χ1v) is 5.80. The van der Waals surface area contributed by atoms with E-state index >= 15 is 0 Å². The van der Waals surface area contributed by atoms with Crippen LogP contribution < -0.4 is 0 Å². The van der Waals surface area contributed by atoms with E-state index in [1.165, 1.54) is 19.0 Å². The summed E-state index contributed by atoms with van der Waals surface area (Å²) in [5, 5.41) is 16.1. The number of hydrogen-bond donors (Lipinski definition) is 1. The minimum absolute atomic E-state index is 0.0188. The predicted molar refractivity (Wildman–Crippen MR) is 60.3 cm³/mol. The molecule has 0 bridgehead atoms. The van der Waals surface area contributed by atoms with E-state index in [1.807, 2.05) is 0 Å². The van der Waals surface area contributed by atoms with Gasteiger partial charge >= 0.3 is 5.97 Å². The third-order valence-electron chi connectivity index (χ3n) is 2.75. The fourth-order valence-electron chi connectivity index (χ4n) is 1.67. The Morgan fingerprint density at radius 2 is 2.31 bits per heavy atom. The first-order chi connectivity index (χ1) is 7.67. The van der Waals surface area contributed by atoms with Crippen molar-refractivity contribution in [3.8, 4) is 0 Å². The van der Waals surface area contributed by atoms with Crippen LogP contribution in [0, 0.1) is 5.92 Å². The standard InChI is InChI=1S/C11H19N3O2/c1-3-5-6-9(4-2)7-14-8-10(11(15)16)12-13-14/h8-9H,3-7H2,1-2H3,(H,15,16). The van der Waals surface area contributed by atoms with Gasteiger partial charge in [-0.3, -0.25) is 4.68 Å². The van der Waals surface area contributed by atoms with Gasteiger partial charge in [0.05, 0.1) is 6.20 Å². The van der Waals surface area contributed by atoms with Crippen LogP contribution in [-0.2, 0) is 6.54 Å². The van der Waals surface area contributed by atoms with Crippen molar-refractivity contribution in [2.45, 2.75) is 46.1 Å². The molecule has 1 aromatic heterocycles. The zero-order chi connectivity index (χ0) is 12.0. The summed E-state index contributed by atoms with van der Waals surface area (Å²) in [6.45, 7) is 5.08. The van der Waals surface area contributed by atoms with Crippen LogP contribution in [0.3, 0.4) is 0 Å². The highest BCUT2D eigenvalue weighted by Crippen LogP contribution is 2.14. The lowest BCUT2D eigenvalue weighted by molar-refractivity contribution is 0.0690. The molecule has 0 saturated heterocycles. The van der Waals surface area contributed by atoms with Gasteiger partial charge in [-0.1, -0.05) is 38.3 Å². The average Bonchev–Trinajstić information content (AvgIpc) is 2.72. The maximum absolute atomic E-state index is 10.6. The first kappa shape index (κ1) is 12.7. The Balaban J connectivity index is 2.52. The van der Waals surface area contributed by atoms with Crippen LogP contribution >= 0.6 is 0 Å². The number of aromatic nitrogens is 3. The highest BCUT2D eigenvalue weighted by molar-refractivity contribution is 5.84. The van der Waals surface area contributed by atoms with Gasteiger partial charge in [0, 0.05) is 6.54 Å². The highest BCUT2D eigenvalue weighted by atomic mass is 16.4. The maximum Gasteiger partial charge on any atom is 0.358 e. The third kappa shape index (κ3) is 3.64. The van der Waals surface area contributed by atoms with Crippen LogP contribution in [0.1, 0.15) is 50.0 Å². The quantitative estimate of drug-likeness (QED) is 0.772. The first-order valence-electron chi connectivity index (χ1n) is 5.80. The molecule has 0 aromatic carbocycles. The summed E-state index contributed by atoms with van der Waals surface area (Å²) < 4.78 is 1.63. The van der Waals surface area contributed by atoms with Crippen LogP contribution in [0.4, 0.5) is 0 Å². The number of carboxylic acid groups (broad SMARTS) is 1. The zero-order valence-corrected chi connectivity index (χ0v) is 9.89. The summed E-state index contributed by atoms with van der Waals surface area (Å²) in [7, 11) is 0. The van der Waals surface area contributed by atoms with E-state index in [4.69, 9.17) is 5.11 Å². The van der Waals surface area contributed by atoms with E-state index in [0.717, 1.165) is 19.4 Å². The monoisotopic (exact) mass is 225 g/mol. The topological polar surface area (TPSA) is 68.0 Å². The molecular formula is C11H19N3O2. The zero-order valence-electron chi connectivity index (χ0n) is 9.89. The van der Waals surface area contributed by atoms with Gasteiger partial charge in [-0.25, -0.2) is 4.79 Å². The number of unbranched alkanes of at least 4 members (excludes halogenated alkanes) is 1. The van der Waals surface area contributed by atoms with Crippen molar-refractivity contribution >= 4 is 5.97 Å². The third-order valence-corrected chi connectivity index (χ3v) is 2.75. The number of aromatic carboxylic acids is 1. The number of hydrogen-bond acceptors (Lipinski definition) is 3. The molecule has 1 rings (SSSR count). The van der Waals surface area contributed by atoms with E-state index in [2.05, 4.69) is 24.2 Å². The maximum atomic E-state index is 10.6. The molecule has 1 N–H and O–H groups in total. The molecular weight excluding hydrogens is 206 g/mol. The molecule has 0 aliphatic rings. The fourth-order valence-corrected chi connectivity index (χ4v) is 1.67.